The summed E-state index contributed by atoms with van der Waals surface area (Å²) in [7, 11) is 0. The van der Waals surface area contributed by atoms with E-state index in [-0.39, 0.29) is 0 Å². The third kappa shape index (κ3) is 2.24. The molecule has 1 aromatic carbocycles. The number of nitrogens with zero attached hydrogens (tertiary/aromatic N) is 1. The van der Waals surface area contributed by atoms with Gasteiger partial charge in [0.05, 0.1) is 4.92 Å². The van der Waals surface area contributed by atoms with Crippen LogP contribution in [0, 0.1) is 10.1 Å². The molecule has 1 aromatic rings. The first-order chi connectivity index (χ1) is 6.13. The van der Waals surface area contributed by atoms with Crippen LogP contribution < -0.4 is 0 Å². The van der Waals surface area contributed by atoms with Crippen LogP contribution >= 0.6 is 0 Å². The van der Waals surface area contributed by atoms with E-state index >= 15 is 0 Å². The second-order valence-corrected chi connectivity index (χ2v) is 2.55. The lowest BCUT2D eigenvalue weighted by molar-refractivity contribution is -0.584. The molecule has 5 nitrogen and oxygen atoms in total. The van der Waals surface area contributed by atoms with Crippen LogP contribution in [0.2, 0.25) is 0 Å². The SMILES string of the molecule is O=[N+]([O-])[C@@H](O)[C@H](O)c1ccccc1. The first kappa shape index (κ1) is 9.63. The molecule has 0 aliphatic carbocycles. The van der Waals surface area contributed by atoms with Gasteiger partial charge in [-0.05, 0) is 5.56 Å². The molecule has 0 amide bonds. The second-order valence-electron chi connectivity index (χ2n) is 2.55. The van der Waals surface area contributed by atoms with Crippen molar-refractivity contribution in [3.8, 4) is 0 Å². The van der Waals surface area contributed by atoms with Crippen LogP contribution in [0.3, 0.4) is 0 Å². The number of aliphatic hydroxyl groups excluding tert-OH is 2. The summed E-state index contributed by atoms with van der Waals surface area (Å²) in [6.07, 6.45) is -3.45. The fraction of sp³-hybridized carbons (Fsp3) is 0.250. The summed E-state index contributed by atoms with van der Waals surface area (Å²) in [5.74, 6) is 0. The topological polar surface area (TPSA) is 83.6 Å². The fourth-order valence-corrected chi connectivity index (χ4v) is 0.938. The van der Waals surface area contributed by atoms with E-state index in [1.54, 1.807) is 18.2 Å². The second kappa shape index (κ2) is 3.97. The average molecular weight is 183 g/mol. The van der Waals surface area contributed by atoms with E-state index < -0.39 is 17.3 Å². The Morgan fingerprint density at radius 3 is 2.23 bits per heavy atom. The van der Waals surface area contributed by atoms with Crippen molar-refractivity contribution in [1.29, 1.82) is 0 Å². The quantitative estimate of drug-likeness (QED) is 0.401. The Balaban J connectivity index is 2.79. The van der Waals surface area contributed by atoms with Crippen LogP contribution in [0.5, 0.6) is 0 Å². The highest BCUT2D eigenvalue weighted by molar-refractivity contribution is 5.17. The maximum absolute atomic E-state index is 10.1. The van der Waals surface area contributed by atoms with Crippen molar-refractivity contribution in [2.45, 2.75) is 12.3 Å². The number of hydrogen-bond donors (Lipinski definition) is 2. The summed E-state index contributed by atoms with van der Waals surface area (Å²) in [6.45, 7) is 0. The Bertz CT molecular complexity index is 287. The third-order valence-corrected chi connectivity index (χ3v) is 1.64. The van der Waals surface area contributed by atoms with Gasteiger partial charge in [0.1, 0.15) is 0 Å². The molecule has 0 aliphatic heterocycles. The summed E-state index contributed by atoms with van der Waals surface area (Å²) in [4.78, 5) is 9.18. The highest BCUT2D eigenvalue weighted by Crippen LogP contribution is 2.16. The van der Waals surface area contributed by atoms with Gasteiger partial charge in [-0.2, -0.15) is 0 Å². The summed E-state index contributed by atoms with van der Waals surface area (Å²) in [5.41, 5.74) is 0.326. The lowest BCUT2D eigenvalue weighted by Crippen LogP contribution is -2.26. The van der Waals surface area contributed by atoms with Gasteiger partial charge >= 0.3 is 6.23 Å². The van der Waals surface area contributed by atoms with Gasteiger partial charge in [0.25, 0.3) is 0 Å². The predicted molar refractivity (Wildman–Crippen MR) is 44.4 cm³/mol. The Morgan fingerprint density at radius 1 is 1.23 bits per heavy atom. The van der Waals surface area contributed by atoms with Crippen LogP contribution in [0.15, 0.2) is 30.3 Å². The molecule has 13 heavy (non-hydrogen) atoms. The minimum Gasteiger partial charge on any atom is -0.379 e. The van der Waals surface area contributed by atoms with Gasteiger partial charge in [0, 0.05) is 0 Å². The molecule has 0 saturated carbocycles. The molecule has 5 heteroatoms. The smallest absolute Gasteiger partial charge is 0.343 e. The Kier molecular flexibility index (Phi) is 2.94. The van der Waals surface area contributed by atoms with Gasteiger partial charge in [0.15, 0.2) is 6.10 Å². The van der Waals surface area contributed by atoms with Crippen molar-refractivity contribution in [1.82, 2.24) is 0 Å². The van der Waals surface area contributed by atoms with E-state index in [2.05, 4.69) is 0 Å². The third-order valence-electron chi connectivity index (χ3n) is 1.64. The van der Waals surface area contributed by atoms with E-state index in [0.29, 0.717) is 5.56 Å². The van der Waals surface area contributed by atoms with Crippen molar-refractivity contribution in [2.24, 2.45) is 0 Å². The lowest BCUT2D eigenvalue weighted by Gasteiger charge is -2.10. The van der Waals surface area contributed by atoms with E-state index in [4.69, 9.17) is 5.11 Å². The Labute approximate surface area is 74.4 Å². The number of aliphatic hydroxyl groups is 2. The van der Waals surface area contributed by atoms with Crippen LogP contribution in [-0.2, 0) is 0 Å². The molecule has 0 spiro atoms. The van der Waals surface area contributed by atoms with Crippen LogP contribution in [0.1, 0.15) is 11.7 Å². The zero-order valence-electron chi connectivity index (χ0n) is 6.70. The standard InChI is InChI=1S/C8H9NO4/c10-7(8(11)9(12)13)6-4-2-1-3-5-6/h1-5,7-8,10-11H/t7-,8+/m1/s1. The Hall–Kier alpha value is -1.46. The molecule has 1 rings (SSSR count). The molecule has 0 heterocycles. The van der Waals surface area contributed by atoms with Crippen molar-refractivity contribution >= 4 is 0 Å². The van der Waals surface area contributed by atoms with E-state index in [9.17, 15) is 15.2 Å². The minimum absolute atomic E-state index is 0.326. The molecule has 0 aromatic heterocycles. The average Bonchev–Trinajstić information content (AvgIpc) is 2.17. The highest BCUT2D eigenvalue weighted by atomic mass is 16.7. The fourth-order valence-electron chi connectivity index (χ4n) is 0.938. The molecule has 70 valence electrons. The summed E-state index contributed by atoms with van der Waals surface area (Å²) in [6, 6.07) is 8.00. The summed E-state index contributed by atoms with van der Waals surface area (Å²) in [5, 5.41) is 28.3. The molecule has 2 N–H and O–H groups in total. The predicted octanol–water partition coefficient (Wildman–Crippen LogP) is 0.315. The van der Waals surface area contributed by atoms with Gasteiger partial charge < -0.3 is 10.2 Å². The van der Waals surface area contributed by atoms with Gasteiger partial charge in [0.2, 0.25) is 0 Å². The first-order valence-electron chi connectivity index (χ1n) is 3.67. The zero-order chi connectivity index (χ0) is 9.84. The number of rotatable bonds is 3. The maximum Gasteiger partial charge on any atom is 0.343 e. The van der Waals surface area contributed by atoms with E-state index in [1.807, 2.05) is 0 Å². The van der Waals surface area contributed by atoms with Crippen LogP contribution in [0.4, 0.5) is 0 Å². The van der Waals surface area contributed by atoms with Crippen LogP contribution in [-0.4, -0.2) is 21.4 Å². The van der Waals surface area contributed by atoms with Gasteiger partial charge in [-0.25, -0.2) is 0 Å². The van der Waals surface area contributed by atoms with Gasteiger partial charge in [-0.1, -0.05) is 30.3 Å². The monoisotopic (exact) mass is 183 g/mol. The molecule has 0 fully saturated rings. The molecule has 0 unspecified atom stereocenters. The van der Waals surface area contributed by atoms with E-state index in [1.165, 1.54) is 12.1 Å². The zero-order valence-corrected chi connectivity index (χ0v) is 6.70. The molecule has 0 bridgehead atoms. The Morgan fingerprint density at radius 2 is 1.77 bits per heavy atom. The highest BCUT2D eigenvalue weighted by Gasteiger charge is 2.27. The number of nitro groups is 1. The molecular formula is C8H9NO4. The maximum atomic E-state index is 10.1. The molecular weight excluding hydrogens is 174 g/mol. The molecule has 2 atom stereocenters. The van der Waals surface area contributed by atoms with Crippen molar-refractivity contribution in [3.63, 3.8) is 0 Å². The number of hydrogen-bond acceptors (Lipinski definition) is 4. The normalized spacial score (nSPS) is 14.9. The summed E-state index contributed by atoms with van der Waals surface area (Å²) < 4.78 is 0. The van der Waals surface area contributed by atoms with E-state index in [0.717, 1.165) is 0 Å². The largest absolute Gasteiger partial charge is 0.379 e. The molecule has 0 aliphatic rings. The van der Waals surface area contributed by atoms with Crippen LogP contribution in [0.25, 0.3) is 0 Å². The van der Waals surface area contributed by atoms with Crippen molar-refractivity contribution in [3.05, 3.63) is 46.0 Å². The summed E-state index contributed by atoms with van der Waals surface area (Å²) >= 11 is 0. The van der Waals surface area contributed by atoms with Crippen molar-refractivity contribution < 1.29 is 15.1 Å². The number of benzene rings is 1. The lowest BCUT2D eigenvalue weighted by atomic mass is 10.1. The molecule has 0 radical (unpaired) electrons. The van der Waals surface area contributed by atoms with Gasteiger partial charge in [-0.15, -0.1) is 0 Å². The first-order valence-corrected chi connectivity index (χ1v) is 3.67. The minimum atomic E-state index is -1.97. The van der Waals surface area contributed by atoms with Crippen molar-refractivity contribution in [2.75, 3.05) is 0 Å². The molecule has 0 saturated heterocycles. The van der Waals surface area contributed by atoms with Gasteiger partial charge in [-0.3, -0.25) is 10.1 Å².